The van der Waals surface area contributed by atoms with Crippen molar-refractivity contribution >= 4 is 11.9 Å². The van der Waals surface area contributed by atoms with Crippen LogP contribution >= 0.6 is 0 Å². The van der Waals surface area contributed by atoms with E-state index in [4.69, 9.17) is 4.74 Å². The Kier molecular flexibility index (Phi) is 69.9. The van der Waals surface area contributed by atoms with Gasteiger partial charge in [-0.25, -0.2) is 0 Å². The molecule has 0 aromatic heterocycles. The van der Waals surface area contributed by atoms with Crippen molar-refractivity contribution < 1.29 is 24.5 Å². The van der Waals surface area contributed by atoms with Crippen LogP contribution in [0.1, 0.15) is 431 Å². The standard InChI is InChI=1S/C75H147NO5/c1-3-5-7-9-11-13-15-17-41-44-47-51-55-59-63-67-73(78)72(71-77)76-74(79)68-64-60-56-52-48-45-42-39-37-35-33-31-29-27-25-23-21-19-18-20-22-24-26-28-30-32-34-36-38-40-43-46-50-54-58-62-66-70-81-75(80)69-65-61-57-53-49-16-14-12-10-8-6-4-2/h12,14,72-73,77-78H,3-11,13,15-71H2,1-2H3,(H,76,79)/b14-12-. The first-order valence-electron chi connectivity index (χ1n) is 37.4. The number of amides is 1. The van der Waals surface area contributed by atoms with E-state index in [0.717, 1.165) is 44.9 Å². The lowest BCUT2D eigenvalue weighted by Gasteiger charge is -2.22. The molecule has 0 aliphatic carbocycles. The molecule has 0 bridgehead atoms. The third kappa shape index (κ3) is 67.6. The van der Waals surface area contributed by atoms with Crippen LogP contribution in [0.4, 0.5) is 0 Å². The molecule has 0 aromatic carbocycles. The van der Waals surface area contributed by atoms with Crippen LogP contribution in [0.25, 0.3) is 0 Å². The smallest absolute Gasteiger partial charge is 0.305 e. The number of allylic oxidation sites excluding steroid dienone is 2. The number of nitrogens with one attached hydrogen (secondary N) is 1. The van der Waals surface area contributed by atoms with Crippen LogP contribution in [-0.2, 0) is 14.3 Å². The van der Waals surface area contributed by atoms with Crippen LogP contribution in [0.3, 0.4) is 0 Å². The maximum absolute atomic E-state index is 12.5. The number of unbranched alkanes of at least 4 members (excludes halogenated alkanes) is 58. The Hall–Kier alpha value is -1.40. The molecule has 0 aliphatic heterocycles. The summed E-state index contributed by atoms with van der Waals surface area (Å²) in [5.74, 6) is -0.0116. The second-order valence-corrected chi connectivity index (χ2v) is 26.0. The van der Waals surface area contributed by atoms with E-state index < -0.39 is 12.1 Å². The summed E-state index contributed by atoms with van der Waals surface area (Å²) in [6.07, 6.45) is 88.7. The summed E-state index contributed by atoms with van der Waals surface area (Å²) < 4.78 is 5.48. The molecule has 0 aromatic rings. The minimum absolute atomic E-state index is 0.0140. The van der Waals surface area contributed by atoms with Gasteiger partial charge in [-0.15, -0.1) is 0 Å². The summed E-state index contributed by atoms with van der Waals surface area (Å²) in [5.41, 5.74) is 0. The lowest BCUT2D eigenvalue weighted by Crippen LogP contribution is -2.45. The molecule has 1 amide bonds. The molecule has 0 radical (unpaired) electrons. The van der Waals surface area contributed by atoms with E-state index in [0.29, 0.717) is 25.9 Å². The minimum Gasteiger partial charge on any atom is -0.466 e. The Labute approximate surface area is 508 Å². The van der Waals surface area contributed by atoms with Gasteiger partial charge in [-0.1, -0.05) is 379 Å². The molecule has 0 spiro atoms. The summed E-state index contributed by atoms with van der Waals surface area (Å²) >= 11 is 0. The number of hydrogen-bond donors (Lipinski definition) is 3. The molecule has 6 heteroatoms. The highest BCUT2D eigenvalue weighted by Gasteiger charge is 2.20. The number of carbonyl (C=O) groups is 2. The van der Waals surface area contributed by atoms with Gasteiger partial charge in [0.1, 0.15) is 0 Å². The largest absolute Gasteiger partial charge is 0.466 e. The van der Waals surface area contributed by atoms with Gasteiger partial charge >= 0.3 is 5.97 Å². The summed E-state index contributed by atoms with van der Waals surface area (Å²) in [6, 6.07) is -0.536. The first-order chi connectivity index (χ1) is 40.0. The number of carbonyl (C=O) groups excluding carboxylic acids is 2. The van der Waals surface area contributed by atoms with Crippen LogP contribution in [0.5, 0.6) is 0 Å². The number of esters is 1. The fourth-order valence-electron chi connectivity index (χ4n) is 12.1. The number of hydrogen-bond acceptors (Lipinski definition) is 5. The van der Waals surface area contributed by atoms with Gasteiger partial charge in [-0.05, 0) is 51.4 Å². The summed E-state index contributed by atoms with van der Waals surface area (Å²) in [4.78, 5) is 24.5. The van der Waals surface area contributed by atoms with Crippen molar-refractivity contribution in [1.82, 2.24) is 5.32 Å². The molecule has 0 fully saturated rings. The SMILES string of the molecule is CCCCC/C=C\CCCCCCCC(=O)OCCCCCCCCCCCCCCCCCCCCCCCCCCCCCCCCCCCCCCCC(=O)NC(CO)C(O)CCCCCCCCCCCCCCCCC. The molecule has 0 rings (SSSR count). The van der Waals surface area contributed by atoms with Crippen LogP contribution in [-0.4, -0.2) is 47.4 Å². The maximum atomic E-state index is 12.5. The molecular formula is C75H147NO5. The molecule has 0 saturated carbocycles. The molecule has 0 heterocycles. The third-order valence-corrected chi connectivity index (χ3v) is 17.8. The van der Waals surface area contributed by atoms with Crippen LogP contribution in [0.15, 0.2) is 12.2 Å². The van der Waals surface area contributed by atoms with Crippen LogP contribution in [0, 0.1) is 0 Å². The van der Waals surface area contributed by atoms with Gasteiger partial charge in [-0.2, -0.15) is 0 Å². The maximum Gasteiger partial charge on any atom is 0.305 e. The Morgan fingerprint density at radius 3 is 0.901 bits per heavy atom. The van der Waals surface area contributed by atoms with Crippen molar-refractivity contribution in [2.75, 3.05) is 13.2 Å². The summed E-state index contributed by atoms with van der Waals surface area (Å²) in [6.45, 7) is 4.97. The first kappa shape index (κ1) is 79.6. The zero-order valence-electron chi connectivity index (χ0n) is 55.3. The van der Waals surface area contributed by atoms with Gasteiger partial charge in [0.25, 0.3) is 0 Å². The lowest BCUT2D eigenvalue weighted by atomic mass is 10.0. The number of aliphatic hydroxyl groups is 2. The van der Waals surface area contributed by atoms with Gasteiger partial charge in [0, 0.05) is 12.8 Å². The second-order valence-electron chi connectivity index (χ2n) is 26.0. The minimum atomic E-state index is -0.659. The van der Waals surface area contributed by atoms with Crippen molar-refractivity contribution in [3.05, 3.63) is 12.2 Å². The first-order valence-corrected chi connectivity index (χ1v) is 37.4. The molecule has 2 unspecified atom stereocenters. The predicted molar refractivity (Wildman–Crippen MR) is 357 cm³/mol. The zero-order valence-corrected chi connectivity index (χ0v) is 55.3. The average molecular weight is 1140 g/mol. The fourth-order valence-corrected chi connectivity index (χ4v) is 12.1. The molecular weight excluding hydrogens is 995 g/mol. The highest BCUT2D eigenvalue weighted by Crippen LogP contribution is 2.20. The predicted octanol–water partition coefficient (Wildman–Crippen LogP) is 24.3. The Morgan fingerprint density at radius 2 is 0.580 bits per heavy atom. The van der Waals surface area contributed by atoms with Gasteiger partial charge < -0.3 is 20.3 Å². The van der Waals surface area contributed by atoms with Crippen molar-refractivity contribution in [3.63, 3.8) is 0 Å². The van der Waals surface area contributed by atoms with E-state index in [1.807, 2.05) is 0 Å². The van der Waals surface area contributed by atoms with E-state index >= 15 is 0 Å². The monoisotopic (exact) mass is 1140 g/mol. The van der Waals surface area contributed by atoms with Gasteiger partial charge in [0.15, 0.2) is 0 Å². The normalized spacial score (nSPS) is 12.5. The summed E-state index contributed by atoms with van der Waals surface area (Å²) in [5, 5.41) is 23.4. The zero-order chi connectivity index (χ0) is 58.5. The third-order valence-electron chi connectivity index (χ3n) is 17.8. The van der Waals surface area contributed by atoms with Crippen molar-refractivity contribution in [2.24, 2.45) is 0 Å². The average Bonchev–Trinajstić information content (AvgIpc) is 3.47. The fraction of sp³-hybridized carbons (Fsp3) is 0.947. The Bertz CT molecular complexity index is 1220. The highest BCUT2D eigenvalue weighted by molar-refractivity contribution is 5.76. The highest BCUT2D eigenvalue weighted by atomic mass is 16.5. The summed E-state index contributed by atoms with van der Waals surface area (Å²) in [7, 11) is 0. The molecule has 3 N–H and O–H groups in total. The molecule has 0 aliphatic rings. The van der Waals surface area contributed by atoms with Crippen LogP contribution < -0.4 is 5.32 Å². The van der Waals surface area contributed by atoms with Crippen molar-refractivity contribution in [2.45, 2.75) is 443 Å². The van der Waals surface area contributed by atoms with E-state index in [9.17, 15) is 19.8 Å². The van der Waals surface area contributed by atoms with E-state index in [2.05, 4.69) is 31.3 Å². The van der Waals surface area contributed by atoms with E-state index in [-0.39, 0.29) is 18.5 Å². The van der Waals surface area contributed by atoms with Gasteiger partial charge in [-0.3, -0.25) is 9.59 Å². The lowest BCUT2D eigenvalue weighted by molar-refractivity contribution is -0.143. The molecule has 6 nitrogen and oxygen atoms in total. The molecule has 482 valence electrons. The quantitative estimate of drug-likeness (QED) is 0.0320. The Balaban J connectivity index is 3.29. The second kappa shape index (κ2) is 71.1. The van der Waals surface area contributed by atoms with Gasteiger partial charge in [0.2, 0.25) is 5.91 Å². The number of rotatable bonds is 71. The molecule has 81 heavy (non-hydrogen) atoms. The van der Waals surface area contributed by atoms with Gasteiger partial charge in [0.05, 0.1) is 25.4 Å². The van der Waals surface area contributed by atoms with Crippen molar-refractivity contribution in [3.8, 4) is 0 Å². The topological polar surface area (TPSA) is 95.9 Å². The van der Waals surface area contributed by atoms with Crippen LogP contribution in [0.2, 0.25) is 0 Å². The van der Waals surface area contributed by atoms with E-state index in [1.165, 1.54) is 353 Å². The van der Waals surface area contributed by atoms with Crippen molar-refractivity contribution in [1.29, 1.82) is 0 Å². The molecule has 2 atom stereocenters. The molecule has 0 saturated heterocycles. The Morgan fingerprint density at radius 1 is 0.333 bits per heavy atom. The van der Waals surface area contributed by atoms with E-state index in [1.54, 1.807) is 0 Å². The number of aliphatic hydroxyl groups excluding tert-OH is 2. The number of ether oxygens (including phenoxy) is 1.